The molecule has 2 rings (SSSR count). The molecule has 0 aliphatic heterocycles. The fraction of sp³-hybridized carbons (Fsp3) is 0.357. The Balaban J connectivity index is 2.34. The van der Waals surface area contributed by atoms with Crippen LogP contribution in [0.15, 0.2) is 18.2 Å². The molecule has 0 spiro atoms. The highest BCUT2D eigenvalue weighted by Crippen LogP contribution is 2.25. The summed E-state index contributed by atoms with van der Waals surface area (Å²) in [6.07, 6.45) is 0. The van der Waals surface area contributed by atoms with E-state index >= 15 is 0 Å². The molecule has 0 unspecified atom stereocenters. The molecule has 0 fully saturated rings. The summed E-state index contributed by atoms with van der Waals surface area (Å²) in [6.45, 7) is 7.65. The van der Waals surface area contributed by atoms with E-state index in [1.165, 1.54) is 0 Å². The fourth-order valence-electron chi connectivity index (χ4n) is 1.94. The summed E-state index contributed by atoms with van der Waals surface area (Å²) in [4.78, 5) is 14.7. The van der Waals surface area contributed by atoms with Crippen LogP contribution in [-0.4, -0.2) is 28.0 Å². The van der Waals surface area contributed by atoms with Gasteiger partial charge in [0.05, 0.1) is 10.7 Å². The quantitative estimate of drug-likeness (QED) is 0.884. The molecule has 2 aromatic rings. The highest BCUT2D eigenvalue weighted by atomic mass is 35.5. The number of nitrogens with two attached hydrogens (primary N) is 1. The first-order valence-corrected chi connectivity index (χ1v) is 7.21. The molecule has 1 aromatic heterocycles. The molecular formula is C14H19ClN6. The van der Waals surface area contributed by atoms with E-state index in [2.05, 4.69) is 20.3 Å². The molecule has 0 bridgehead atoms. The zero-order chi connectivity index (χ0) is 15.4. The molecule has 1 aromatic carbocycles. The second-order valence-corrected chi connectivity index (χ2v) is 5.01. The zero-order valence-electron chi connectivity index (χ0n) is 12.4. The molecule has 0 saturated heterocycles. The molecule has 112 valence electrons. The van der Waals surface area contributed by atoms with Crippen LogP contribution in [0.2, 0.25) is 5.02 Å². The number of hydrogen-bond acceptors (Lipinski definition) is 6. The molecule has 0 aliphatic carbocycles. The number of halogens is 1. The van der Waals surface area contributed by atoms with Crippen molar-refractivity contribution in [2.45, 2.75) is 20.8 Å². The van der Waals surface area contributed by atoms with Crippen molar-refractivity contribution >= 4 is 35.1 Å². The predicted molar refractivity (Wildman–Crippen MR) is 87.3 cm³/mol. The lowest BCUT2D eigenvalue weighted by Crippen LogP contribution is -2.25. The average Bonchev–Trinajstić information content (AvgIpc) is 2.44. The summed E-state index contributed by atoms with van der Waals surface area (Å²) in [5, 5.41) is 3.70. The van der Waals surface area contributed by atoms with Crippen LogP contribution in [0, 0.1) is 6.92 Å². The summed E-state index contributed by atoms with van der Waals surface area (Å²) in [5.74, 6) is 1.12. The van der Waals surface area contributed by atoms with Crippen LogP contribution in [0.4, 0.5) is 23.5 Å². The average molecular weight is 307 g/mol. The summed E-state index contributed by atoms with van der Waals surface area (Å²) in [6, 6.07) is 5.70. The van der Waals surface area contributed by atoms with Crippen LogP contribution in [0.3, 0.4) is 0 Å². The number of aryl methyl sites for hydroxylation is 1. The van der Waals surface area contributed by atoms with E-state index in [1.54, 1.807) is 0 Å². The third-order valence-corrected chi connectivity index (χ3v) is 3.39. The first kappa shape index (κ1) is 15.3. The Kier molecular flexibility index (Phi) is 4.80. The number of aromatic nitrogens is 3. The van der Waals surface area contributed by atoms with Crippen LogP contribution < -0.4 is 16.0 Å². The van der Waals surface area contributed by atoms with Crippen molar-refractivity contribution in [2.24, 2.45) is 0 Å². The van der Waals surface area contributed by atoms with Crippen LogP contribution in [-0.2, 0) is 0 Å². The second kappa shape index (κ2) is 6.58. The monoisotopic (exact) mass is 306 g/mol. The molecule has 0 amide bonds. The van der Waals surface area contributed by atoms with Crippen LogP contribution in [0.5, 0.6) is 0 Å². The van der Waals surface area contributed by atoms with Gasteiger partial charge in [0, 0.05) is 13.1 Å². The van der Waals surface area contributed by atoms with Crippen LogP contribution in [0.1, 0.15) is 19.4 Å². The first-order chi connectivity index (χ1) is 10.0. The highest BCUT2D eigenvalue weighted by molar-refractivity contribution is 6.33. The van der Waals surface area contributed by atoms with Crippen molar-refractivity contribution in [1.29, 1.82) is 0 Å². The van der Waals surface area contributed by atoms with Crippen LogP contribution >= 0.6 is 11.6 Å². The Hall–Kier alpha value is -2.08. The second-order valence-electron chi connectivity index (χ2n) is 4.60. The van der Waals surface area contributed by atoms with Gasteiger partial charge < -0.3 is 16.0 Å². The number of rotatable bonds is 5. The molecule has 0 radical (unpaired) electrons. The van der Waals surface area contributed by atoms with Gasteiger partial charge in [0.2, 0.25) is 17.8 Å². The van der Waals surface area contributed by atoms with E-state index in [4.69, 9.17) is 17.3 Å². The van der Waals surface area contributed by atoms with E-state index in [1.807, 2.05) is 43.9 Å². The maximum Gasteiger partial charge on any atom is 0.233 e. The maximum absolute atomic E-state index is 6.17. The molecular weight excluding hydrogens is 288 g/mol. The molecule has 21 heavy (non-hydrogen) atoms. The van der Waals surface area contributed by atoms with Crippen LogP contribution in [0.25, 0.3) is 0 Å². The minimum atomic E-state index is 0.179. The summed E-state index contributed by atoms with van der Waals surface area (Å²) in [7, 11) is 0. The number of nitrogen functional groups attached to an aromatic ring is 1. The van der Waals surface area contributed by atoms with Crippen molar-refractivity contribution in [1.82, 2.24) is 15.0 Å². The third kappa shape index (κ3) is 3.72. The maximum atomic E-state index is 6.17. The zero-order valence-corrected chi connectivity index (χ0v) is 13.1. The van der Waals surface area contributed by atoms with E-state index in [0.29, 0.717) is 16.9 Å². The van der Waals surface area contributed by atoms with Gasteiger partial charge in [-0.2, -0.15) is 15.0 Å². The number of nitrogens with one attached hydrogen (secondary N) is 1. The smallest absolute Gasteiger partial charge is 0.233 e. The molecule has 3 N–H and O–H groups in total. The van der Waals surface area contributed by atoms with E-state index in [0.717, 1.165) is 24.3 Å². The van der Waals surface area contributed by atoms with E-state index in [-0.39, 0.29) is 5.95 Å². The topological polar surface area (TPSA) is 80.0 Å². The fourth-order valence-corrected chi connectivity index (χ4v) is 2.10. The molecule has 0 saturated carbocycles. The van der Waals surface area contributed by atoms with Gasteiger partial charge in [0.15, 0.2) is 0 Å². The normalized spacial score (nSPS) is 10.5. The van der Waals surface area contributed by atoms with Gasteiger partial charge in [0.1, 0.15) is 0 Å². The first-order valence-electron chi connectivity index (χ1n) is 6.83. The lowest BCUT2D eigenvalue weighted by Gasteiger charge is -2.19. The number of anilines is 4. The Labute approximate surface area is 129 Å². The van der Waals surface area contributed by atoms with Gasteiger partial charge in [-0.25, -0.2) is 0 Å². The molecule has 0 aliphatic rings. The molecule has 1 heterocycles. The highest BCUT2D eigenvalue weighted by Gasteiger charge is 2.11. The Morgan fingerprint density at radius 3 is 2.57 bits per heavy atom. The van der Waals surface area contributed by atoms with Crippen molar-refractivity contribution < 1.29 is 0 Å². The largest absolute Gasteiger partial charge is 0.368 e. The Bertz CT molecular complexity index is 627. The van der Waals surface area contributed by atoms with Gasteiger partial charge >= 0.3 is 0 Å². The van der Waals surface area contributed by atoms with Gasteiger partial charge in [-0.3, -0.25) is 0 Å². The summed E-state index contributed by atoms with van der Waals surface area (Å²) >= 11 is 6.17. The van der Waals surface area contributed by atoms with E-state index in [9.17, 15) is 0 Å². The minimum Gasteiger partial charge on any atom is -0.368 e. The summed E-state index contributed by atoms with van der Waals surface area (Å²) < 4.78 is 0. The van der Waals surface area contributed by atoms with Crippen molar-refractivity contribution in [2.75, 3.05) is 29.0 Å². The molecule has 6 nitrogen and oxygen atoms in total. The standard InChI is InChI=1S/C14H19ClN6/c1-4-21(5-2)14-19-12(16)18-13(20-14)17-11-8-9(3)6-7-10(11)15/h6-8H,4-5H2,1-3H3,(H3,16,17,18,19,20). The Morgan fingerprint density at radius 2 is 1.90 bits per heavy atom. The number of benzene rings is 1. The van der Waals surface area contributed by atoms with Gasteiger partial charge in [-0.1, -0.05) is 17.7 Å². The lowest BCUT2D eigenvalue weighted by atomic mass is 10.2. The SMILES string of the molecule is CCN(CC)c1nc(N)nc(Nc2cc(C)ccc2Cl)n1. The number of hydrogen-bond donors (Lipinski definition) is 2. The summed E-state index contributed by atoms with van der Waals surface area (Å²) in [5.41, 5.74) is 7.60. The third-order valence-electron chi connectivity index (χ3n) is 3.06. The minimum absolute atomic E-state index is 0.179. The van der Waals surface area contributed by atoms with E-state index < -0.39 is 0 Å². The van der Waals surface area contributed by atoms with Crippen molar-refractivity contribution in [3.05, 3.63) is 28.8 Å². The van der Waals surface area contributed by atoms with Gasteiger partial charge in [-0.15, -0.1) is 0 Å². The molecule has 0 atom stereocenters. The lowest BCUT2D eigenvalue weighted by molar-refractivity contribution is 0.816. The number of nitrogens with zero attached hydrogens (tertiary/aromatic N) is 4. The van der Waals surface area contributed by atoms with Crippen molar-refractivity contribution in [3.63, 3.8) is 0 Å². The van der Waals surface area contributed by atoms with Gasteiger partial charge in [-0.05, 0) is 38.5 Å². The Morgan fingerprint density at radius 1 is 1.19 bits per heavy atom. The predicted octanol–water partition coefficient (Wildman–Crippen LogP) is 3.01. The van der Waals surface area contributed by atoms with Crippen molar-refractivity contribution in [3.8, 4) is 0 Å². The molecule has 7 heteroatoms. The van der Waals surface area contributed by atoms with Gasteiger partial charge in [0.25, 0.3) is 0 Å².